The Bertz CT molecular complexity index is 761. The summed E-state index contributed by atoms with van der Waals surface area (Å²) >= 11 is 3.20. The van der Waals surface area contributed by atoms with Crippen molar-refractivity contribution in [2.45, 2.75) is 0 Å². The number of hydrogen-bond donors (Lipinski definition) is 1. The Balaban J connectivity index is 1.68. The maximum Gasteiger partial charge on any atom is 0.248 e. The fourth-order valence-corrected chi connectivity index (χ4v) is 2.40. The fraction of sp³-hybridized carbons (Fsp3) is 0.0625. The standard InChI is InChI=1S/C16H11BrFNO3/c17-12-8-11(18)3-4-13(12)19-16(20)6-2-10-1-5-14-15(7-10)22-9-21-14/h1-8H,9H2,(H,19,20)/b6-2+. The molecule has 0 aliphatic carbocycles. The number of anilines is 1. The van der Waals surface area contributed by atoms with Gasteiger partial charge in [-0.25, -0.2) is 4.39 Å². The Morgan fingerprint density at radius 2 is 2.00 bits per heavy atom. The predicted octanol–water partition coefficient (Wildman–Crippen LogP) is 3.97. The van der Waals surface area contributed by atoms with E-state index < -0.39 is 0 Å². The molecule has 0 spiro atoms. The van der Waals surface area contributed by atoms with Gasteiger partial charge in [0.2, 0.25) is 12.7 Å². The van der Waals surface area contributed by atoms with Crippen LogP contribution < -0.4 is 14.8 Å². The van der Waals surface area contributed by atoms with E-state index in [1.165, 1.54) is 24.3 Å². The van der Waals surface area contributed by atoms with Crippen LogP contribution in [0.3, 0.4) is 0 Å². The first-order chi connectivity index (χ1) is 10.6. The molecule has 0 unspecified atom stereocenters. The summed E-state index contributed by atoms with van der Waals surface area (Å²) in [7, 11) is 0. The molecule has 1 N–H and O–H groups in total. The lowest BCUT2D eigenvalue weighted by atomic mass is 10.2. The number of rotatable bonds is 3. The van der Waals surface area contributed by atoms with Gasteiger partial charge < -0.3 is 14.8 Å². The zero-order valence-electron chi connectivity index (χ0n) is 11.3. The van der Waals surface area contributed by atoms with Crippen LogP contribution in [0.1, 0.15) is 5.56 Å². The average molecular weight is 364 g/mol. The molecule has 22 heavy (non-hydrogen) atoms. The van der Waals surface area contributed by atoms with Gasteiger partial charge in [0.05, 0.1) is 5.69 Å². The van der Waals surface area contributed by atoms with E-state index in [2.05, 4.69) is 21.2 Å². The van der Waals surface area contributed by atoms with Crippen molar-refractivity contribution >= 4 is 33.6 Å². The average Bonchev–Trinajstić information content (AvgIpc) is 2.95. The van der Waals surface area contributed by atoms with Crippen LogP contribution >= 0.6 is 15.9 Å². The Morgan fingerprint density at radius 3 is 2.82 bits per heavy atom. The molecule has 1 amide bonds. The third kappa shape index (κ3) is 3.28. The van der Waals surface area contributed by atoms with Gasteiger partial charge in [-0.15, -0.1) is 0 Å². The third-order valence-corrected chi connectivity index (χ3v) is 3.67. The van der Waals surface area contributed by atoms with E-state index in [1.54, 1.807) is 18.2 Å². The van der Waals surface area contributed by atoms with Crippen LogP contribution in [-0.2, 0) is 4.79 Å². The number of halogens is 2. The molecule has 0 bridgehead atoms. The molecule has 0 saturated carbocycles. The number of fused-ring (bicyclic) bond motifs is 1. The Kier molecular flexibility index (Phi) is 4.11. The first kappa shape index (κ1) is 14.6. The number of nitrogens with one attached hydrogen (secondary N) is 1. The molecule has 112 valence electrons. The van der Waals surface area contributed by atoms with Gasteiger partial charge in [0.15, 0.2) is 11.5 Å². The lowest BCUT2D eigenvalue weighted by molar-refractivity contribution is -0.111. The molecule has 2 aromatic carbocycles. The van der Waals surface area contributed by atoms with E-state index in [1.807, 2.05) is 6.07 Å². The van der Waals surface area contributed by atoms with Crippen LogP contribution in [-0.4, -0.2) is 12.7 Å². The van der Waals surface area contributed by atoms with Gasteiger partial charge in [-0.1, -0.05) is 6.07 Å². The summed E-state index contributed by atoms with van der Waals surface area (Å²) in [6.07, 6.45) is 3.06. The van der Waals surface area contributed by atoms with Gasteiger partial charge in [0.1, 0.15) is 5.82 Å². The number of carbonyl (C=O) groups excluding carboxylic acids is 1. The molecule has 1 aliphatic rings. The molecule has 0 fully saturated rings. The van der Waals surface area contributed by atoms with E-state index >= 15 is 0 Å². The van der Waals surface area contributed by atoms with Gasteiger partial charge >= 0.3 is 0 Å². The first-order valence-electron chi connectivity index (χ1n) is 6.45. The van der Waals surface area contributed by atoms with Crippen molar-refractivity contribution in [1.29, 1.82) is 0 Å². The summed E-state index contributed by atoms with van der Waals surface area (Å²) in [6, 6.07) is 9.46. The monoisotopic (exact) mass is 363 g/mol. The van der Waals surface area contributed by atoms with Crippen LogP contribution in [0.2, 0.25) is 0 Å². The zero-order chi connectivity index (χ0) is 15.5. The summed E-state index contributed by atoms with van der Waals surface area (Å²) in [4.78, 5) is 11.9. The summed E-state index contributed by atoms with van der Waals surface area (Å²) < 4.78 is 24.0. The van der Waals surface area contributed by atoms with E-state index in [0.717, 1.165) is 5.56 Å². The Hall–Kier alpha value is -2.34. The maximum absolute atomic E-state index is 13.0. The molecule has 0 radical (unpaired) electrons. The molecular formula is C16H11BrFNO3. The SMILES string of the molecule is O=C(/C=C/c1ccc2c(c1)OCO2)Nc1ccc(F)cc1Br. The van der Waals surface area contributed by atoms with Crippen molar-refractivity contribution in [1.82, 2.24) is 0 Å². The van der Waals surface area contributed by atoms with E-state index in [0.29, 0.717) is 21.7 Å². The molecule has 0 atom stereocenters. The molecule has 4 nitrogen and oxygen atoms in total. The number of hydrogen-bond acceptors (Lipinski definition) is 3. The normalized spacial score (nSPS) is 12.6. The fourth-order valence-electron chi connectivity index (χ4n) is 1.95. The summed E-state index contributed by atoms with van der Waals surface area (Å²) in [5.74, 6) is 0.659. The highest BCUT2D eigenvalue weighted by Gasteiger charge is 2.12. The van der Waals surface area contributed by atoms with Crippen molar-refractivity contribution in [3.8, 4) is 11.5 Å². The lowest BCUT2D eigenvalue weighted by Crippen LogP contribution is -2.08. The first-order valence-corrected chi connectivity index (χ1v) is 7.25. The van der Waals surface area contributed by atoms with Crippen molar-refractivity contribution in [3.05, 3.63) is 58.3 Å². The van der Waals surface area contributed by atoms with Crippen LogP contribution in [0, 0.1) is 5.82 Å². The highest BCUT2D eigenvalue weighted by molar-refractivity contribution is 9.10. The number of benzene rings is 2. The second kappa shape index (κ2) is 6.19. The largest absolute Gasteiger partial charge is 0.454 e. The van der Waals surface area contributed by atoms with E-state index in [-0.39, 0.29) is 18.5 Å². The van der Waals surface area contributed by atoms with Crippen LogP contribution in [0.15, 0.2) is 46.9 Å². The van der Waals surface area contributed by atoms with E-state index in [9.17, 15) is 9.18 Å². The highest BCUT2D eigenvalue weighted by atomic mass is 79.9. The smallest absolute Gasteiger partial charge is 0.248 e. The summed E-state index contributed by atoms with van der Waals surface area (Å²) in [5.41, 5.74) is 1.32. The Labute approximate surface area is 134 Å². The van der Waals surface area contributed by atoms with Crippen molar-refractivity contribution in [2.24, 2.45) is 0 Å². The summed E-state index contributed by atoms with van der Waals surface area (Å²) in [6.45, 7) is 0.210. The molecule has 6 heteroatoms. The maximum atomic E-state index is 13.0. The molecule has 2 aromatic rings. The topological polar surface area (TPSA) is 47.6 Å². The molecular weight excluding hydrogens is 353 g/mol. The van der Waals surface area contributed by atoms with Crippen molar-refractivity contribution in [3.63, 3.8) is 0 Å². The zero-order valence-corrected chi connectivity index (χ0v) is 12.9. The van der Waals surface area contributed by atoms with Crippen molar-refractivity contribution in [2.75, 3.05) is 12.1 Å². The quantitative estimate of drug-likeness (QED) is 0.839. The lowest BCUT2D eigenvalue weighted by Gasteiger charge is -2.04. The highest BCUT2D eigenvalue weighted by Crippen LogP contribution is 2.32. The second-order valence-corrected chi connectivity index (χ2v) is 5.41. The number of carbonyl (C=O) groups is 1. The molecule has 1 aliphatic heterocycles. The van der Waals surface area contributed by atoms with Gasteiger partial charge in [-0.05, 0) is 57.9 Å². The van der Waals surface area contributed by atoms with Crippen LogP contribution in [0.25, 0.3) is 6.08 Å². The number of amides is 1. The second-order valence-electron chi connectivity index (χ2n) is 4.56. The number of ether oxygens (including phenoxy) is 2. The van der Waals surface area contributed by atoms with Crippen LogP contribution in [0.4, 0.5) is 10.1 Å². The van der Waals surface area contributed by atoms with Gasteiger partial charge in [-0.3, -0.25) is 4.79 Å². The minimum absolute atomic E-state index is 0.210. The third-order valence-electron chi connectivity index (χ3n) is 3.01. The van der Waals surface area contributed by atoms with Crippen molar-refractivity contribution < 1.29 is 18.7 Å². The summed E-state index contributed by atoms with van der Waals surface area (Å²) in [5, 5.41) is 2.66. The molecule has 1 heterocycles. The molecule has 0 aromatic heterocycles. The van der Waals surface area contributed by atoms with Gasteiger partial charge in [0, 0.05) is 10.5 Å². The molecule has 3 rings (SSSR count). The minimum Gasteiger partial charge on any atom is -0.454 e. The predicted molar refractivity (Wildman–Crippen MR) is 84.3 cm³/mol. The van der Waals surface area contributed by atoms with Crippen LogP contribution in [0.5, 0.6) is 11.5 Å². The van der Waals surface area contributed by atoms with Gasteiger partial charge in [-0.2, -0.15) is 0 Å². The van der Waals surface area contributed by atoms with Gasteiger partial charge in [0.25, 0.3) is 0 Å². The Morgan fingerprint density at radius 1 is 1.18 bits per heavy atom. The van der Waals surface area contributed by atoms with E-state index in [4.69, 9.17) is 9.47 Å². The molecule has 0 saturated heterocycles. The minimum atomic E-state index is -0.374.